The maximum absolute atomic E-state index is 5.93. The molecule has 1 aliphatic carbocycles. The van der Waals surface area contributed by atoms with Crippen LogP contribution in [0.5, 0.6) is 0 Å². The number of nitrogens with two attached hydrogens (primary N) is 1. The van der Waals surface area contributed by atoms with Crippen molar-refractivity contribution in [3.05, 3.63) is 22.9 Å². The average molecular weight is 180 g/mol. The second-order valence-electron chi connectivity index (χ2n) is 3.41. The number of nitrogens with one attached hydrogen (secondary N) is 1. The summed E-state index contributed by atoms with van der Waals surface area (Å²) in [7, 11) is 0. The Morgan fingerprint density at radius 3 is 2.85 bits per heavy atom. The summed E-state index contributed by atoms with van der Waals surface area (Å²) in [5, 5.41) is 3.36. The summed E-state index contributed by atoms with van der Waals surface area (Å²) in [5.74, 6) is 0. The van der Waals surface area contributed by atoms with Crippen LogP contribution in [0.15, 0.2) is 22.9 Å². The zero-order valence-electron chi connectivity index (χ0n) is 8.69. The van der Waals surface area contributed by atoms with Gasteiger partial charge in [-0.2, -0.15) is 0 Å². The van der Waals surface area contributed by atoms with Gasteiger partial charge in [-0.1, -0.05) is 25.5 Å². The van der Waals surface area contributed by atoms with Gasteiger partial charge in [-0.05, 0) is 31.4 Å². The molecule has 0 saturated carbocycles. The monoisotopic (exact) mass is 180 g/mol. The Labute approximate surface area is 80.9 Å². The van der Waals surface area contributed by atoms with E-state index in [1.165, 1.54) is 17.6 Å². The molecule has 1 aliphatic rings. The third-order valence-corrected chi connectivity index (χ3v) is 2.53. The number of hydrogen-bond donors (Lipinski definition) is 2. The zero-order chi connectivity index (χ0) is 9.68. The molecule has 0 aliphatic heterocycles. The molecule has 1 rings (SSSR count). The van der Waals surface area contributed by atoms with E-state index in [-0.39, 0.29) is 0 Å². The lowest BCUT2D eigenvalue weighted by molar-refractivity contribution is 0.727. The van der Waals surface area contributed by atoms with E-state index in [0.717, 1.165) is 31.6 Å². The number of rotatable bonds is 4. The van der Waals surface area contributed by atoms with Crippen LogP contribution in [-0.2, 0) is 0 Å². The largest absolute Gasteiger partial charge is 0.399 e. The summed E-state index contributed by atoms with van der Waals surface area (Å²) < 4.78 is 0. The maximum Gasteiger partial charge on any atom is 0.0306 e. The molecule has 0 bridgehead atoms. The van der Waals surface area contributed by atoms with Gasteiger partial charge in [-0.3, -0.25) is 0 Å². The molecule has 13 heavy (non-hydrogen) atoms. The molecule has 0 amide bonds. The molecule has 3 N–H and O–H groups in total. The van der Waals surface area contributed by atoms with Gasteiger partial charge in [0, 0.05) is 12.2 Å². The van der Waals surface area contributed by atoms with E-state index < -0.39 is 0 Å². The van der Waals surface area contributed by atoms with E-state index in [9.17, 15) is 0 Å². The minimum absolute atomic E-state index is 1.00. The molecule has 0 atom stereocenters. The molecule has 74 valence electrons. The minimum atomic E-state index is 1.00. The van der Waals surface area contributed by atoms with Crippen molar-refractivity contribution in [2.24, 2.45) is 5.73 Å². The van der Waals surface area contributed by atoms with Gasteiger partial charge < -0.3 is 11.1 Å². The summed E-state index contributed by atoms with van der Waals surface area (Å²) in [6, 6.07) is 0. The Hall–Kier alpha value is -0.760. The van der Waals surface area contributed by atoms with Crippen molar-refractivity contribution in [2.75, 3.05) is 13.1 Å². The number of allylic oxidation sites excluding steroid dienone is 2. The molecule has 0 fully saturated rings. The number of likely N-dealkylation sites (N-methyl/N-ethyl adjacent to an activating group) is 1. The van der Waals surface area contributed by atoms with Crippen LogP contribution in [0.3, 0.4) is 0 Å². The van der Waals surface area contributed by atoms with Gasteiger partial charge in [0.1, 0.15) is 0 Å². The van der Waals surface area contributed by atoms with Crippen molar-refractivity contribution in [2.45, 2.75) is 33.1 Å². The van der Waals surface area contributed by atoms with Gasteiger partial charge >= 0.3 is 0 Å². The Morgan fingerprint density at radius 2 is 2.23 bits per heavy atom. The molecule has 0 unspecified atom stereocenters. The zero-order valence-corrected chi connectivity index (χ0v) is 8.69. The second kappa shape index (κ2) is 5.07. The van der Waals surface area contributed by atoms with Gasteiger partial charge in [0.05, 0.1) is 0 Å². The van der Waals surface area contributed by atoms with E-state index in [2.05, 4.69) is 25.2 Å². The second-order valence-corrected chi connectivity index (χ2v) is 3.41. The van der Waals surface area contributed by atoms with E-state index in [1.54, 1.807) is 0 Å². The topological polar surface area (TPSA) is 38.0 Å². The third-order valence-electron chi connectivity index (χ3n) is 2.53. The van der Waals surface area contributed by atoms with Crippen molar-refractivity contribution >= 4 is 0 Å². The Kier molecular flexibility index (Phi) is 4.03. The van der Waals surface area contributed by atoms with Crippen LogP contribution in [0, 0.1) is 0 Å². The lowest BCUT2D eigenvalue weighted by Gasteiger charge is -2.19. The minimum Gasteiger partial charge on any atom is -0.399 e. The van der Waals surface area contributed by atoms with Crippen molar-refractivity contribution in [3.8, 4) is 0 Å². The Bertz CT molecular complexity index is 226. The van der Waals surface area contributed by atoms with E-state index in [4.69, 9.17) is 5.73 Å². The summed E-state index contributed by atoms with van der Waals surface area (Å²) in [6.07, 6.45) is 5.49. The quantitative estimate of drug-likeness (QED) is 0.694. The summed E-state index contributed by atoms with van der Waals surface area (Å²) in [6.45, 7) is 6.35. The first kappa shape index (κ1) is 10.3. The number of hydrogen-bond acceptors (Lipinski definition) is 2. The molecule has 0 aromatic carbocycles. The van der Waals surface area contributed by atoms with Gasteiger partial charge in [0.2, 0.25) is 0 Å². The molecule has 0 aromatic rings. The Morgan fingerprint density at radius 1 is 1.46 bits per heavy atom. The summed E-state index contributed by atoms with van der Waals surface area (Å²) >= 11 is 0. The van der Waals surface area contributed by atoms with Crippen LogP contribution in [-0.4, -0.2) is 13.1 Å². The predicted octanol–water partition coefficient (Wildman–Crippen LogP) is 1.94. The predicted molar refractivity (Wildman–Crippen MR) is 57.4 cm³/mol. The van der Waals surface area contributed by atoms with E-state index in [0.29, 0.717) is 0 Å². The van der Waals surface area contributed by atoms with Crippen molar-refractivity contribution < 1.29 is 0 Å². The average Bonchev–Trinajstić information content (AvgIpc) is 2.15. The fraction of sp³-hybridized carbons (Fsp3) is 0.636. The van der Waals surface area contributed by atoms with Crippen LogP contribution < -0.4 is 11.1 Å². The molecule has 2 nitrogen and oxygen atoms in total. The normalized spacial score (nSPS) is 17.5. The highest BCUT2D eigenvalue weighted by Crippen LogP contribution is 2.23. The molecule has 2 heteroatoms. The van der Waals surface area contributed by atoms with Gasteiger partial charge in [-0.25, -0.2) is 0 Å². The van der Waals surface area contributed by atoms with Gasteiger partial charge in [-0.15, -0.1) is 0 Å². The first-order valence-corrected chi connectivity index (χ1v) is 5.17. The van der Waals surface area contributed by atoms with Crippen molar-refractivity contribution in [1.82, 2.24) is 5.32 Å². The first-order chi connectivity index (χ1) is 6.29. The highest BCUT2D eigenvalue weighted by molar-refractivity contribution is 5.36. The molecule has 0 spiro atoms. The lowest BCUT2D eigenvalue weighted by atomic mass is 9.93. The standard InChI is InChI=1S/C11H20N2/c1-3-10-9(8-13-4-2)6-5-7-11(10)12/h7,13H,3-6,8,12H2,1-2H3. The summed E-state index contributed by atoms with van der Waals surface area (Å²) in [5.41, 5.74) is 9.80. The highest BCUT2D eigenvalue weighted by atomic mass is 14.8. The molecular weight excluding hydrogens is 160 g/mol. The van der Waals surface area contributed by atoms with Crippen molar-refractivity contribution in [1.29, 1.82) is 0 Å². The van der Waals surface area contributed by atoms with Gasteiger partial charge in [0.15, 0.2) is 0 Å². The van der Waals surface area contributed by atoms with Crippen LogP contribution in [0.25, 0.3) is 0 Å². The lowest BCUT2D eigenvalue weighted by Crippen LogP contribution is -2.20. The SMILES string of the molecule is CCNCC1=C(CC)C(N)=CCC1. The molecular formula is C11H20N2. The van der Waals surface area contributed by atoms with Crippen molar-refractivity contribution in [3.63, 3.8) is 0 Å². The smallest absolute Gasteiger partial charge is 0.0306 e. The summed E-state index contributed by atoms with van der Waals surface area (Å²) in [4.78, 5) is 0. The molecule has 0 saturated heterocycles. The van der Waals surface area contributed by atoms with E-state index >= 15 is 0 Å². The van der Waals surface area contributed by atoms with Crippen LogP contribution >= 0.6 is 0 Å². The molecule has 0 aromatic heterocycles. The fourth-order valence-electron chi connectivity index (χ4n) is 1.81. The van der Waals surface area contributed by atoms with Crippen LogP contribution in [0.2, 0.25) is 0 Å². The molecule has 0 radical (unpaired) electrons. The fourth-order valence-corrected chi connectivity index (χ4v) is 1.81. The van der Waals surface area contributed by atoms with Crippen LogP contribution in [0.4, 0.5) is 0 Å². The molecule has 0 heterocycles. The highest BCUT2D eigenvalue weighted by Gasteiger charge is 2.11. The first-order valence-electron chi connectivity index (χ1n) is 5.17. The van der Waals surface area contributed by atoms with Crippen LogP contribution in [0.1, 0.15) is 33.1 Å². The third kappa shape index (κ3) is 2.59. The van der Waals surface area contributed by atoms with E-state index in [1.807, 2.05) is 0 Å². The Balaban J connectivity index is 2.69. The van der Waals surface area contributed by atoms with Gasteiger partial charge in [0.25, 0.3) is 0 Å². The maximum atomic E-state index is 5.93.